The molecule has 1 fully saturated rings. The van der Waals surface area contributed by atoms with Crippen LogP contribution in [0, 0.1) is 10.1 Å². The number of nitro benzene ring substituents is 1. The number of rotatable bonds is 2. The Hall–Kier alpha value is -1.66. The second-order valence-electron chi connectivity index (χ2n) is 3.93. The Bertz CT molecular complexity index is 486. The molecule has 0 unspecified atom stereocenters. The van der Waals surface area contributed by atoms with Gasteiger partial charge in [-0.15, -0.1) is 0 Å². The second-order valence-corrected chi connectivity index (χ2v) is 4.36. The van der Waals surface area contributed by atoms with Gasteiger partial charge in [0.2, 0.25) is 0 Å². The first-order valence-electron chi connectivity index (χ1n) is 4.97. The van der Waals surface area contributed by atoms with E-state index in [1.165, 1.54) is 23.1 Å². The summed E-state index contributed by atoms with van der Waals surface area (Å²) in [6.45, 7) is 0.943. The van der Waals surface area contributed by atoms with Gasteiger partial charge in [-0.3, -0.25) is 14.9 Å². The molecule has 0 atom stereocenters. The molecule has 0 radical (unpaired) electrons. The molecule has 7 heteroatoms. The highest BCUT2D eigenvalue weighted by Crippen LogP contribution is 2.23. The van der Waals surface area contributed by atoms with Crippen LogP contribution in [-0.2, 0) is 0 Å². The zero-order valence-electron chi connectivity index (χ0n) is 8.80. The third-order valence-corrected chi connectivity index (χ3v) is 2.76. The molecule has 2 rings (SSSR count). The van der Waals surface area contributed by atoms with Crippen molar-refractivity contribution >= 4 is 23.2 Å². The topological polar surface area (TPSA) is 89.5 Å². The van der Waals surface area contributed by atoms with Crippen LogP contribution in [0.2, 0.25) is 5.02 Å². The molecule has 0 saturated carbocycles. The van der Waals surface area contributed by atoms with Crippen molar-refractivity contribution in [3.8, 4) is 0 Å². The molecule has 0 aromatic heterocycles. The summed E-state index contributed by atoms with van der Waals surface area (Å²) < 4.78 is 0. The van der Waals surface area contributed by atoms with Crippen LogP contribution < -0.4 is 5.73 Å². The fraction of sp³-hybridized carbons (Fsp3) is 0.300. The maximum Gasteiger partial charge on any atom is 0.271 e. The maximum absolute atomic E-state index is 11.9. The van der Waals surface area contributed by atoms with Crippen LogP contribution in [-0.4, -0.2) is 34.9 Å². The Kier molecular flexibility index (Phi) is 2.99. The predicted molar refractivity (Wildman–Crippen MR) is 62.0 cm³/mol. The highest BCUT2D eigenvalue weighted by molar-refractivity contribution is 6.31. The van der Waals surface area contributed by atoms with E-state index < -0.39 is 4.92 Å². The first-order chi connectivity index (χ1) is 7.97. The number of non-ortho nitro benzene ring substituents is 1. The van der Waals surface area contributed by atoms with Crippen molar-refractivity contribution in [3.63, 3.8) is 0 Å². The molecule has 2 N–H and O–H groups in total. The summed E-state index contributed by atoms with van der Waals surface area (Å²) in [7, 11) is 0. The molecule has 17 heavy (non-hydrogen) atoms. The lowest BCUT2D eigenvalue weighted by Crippen LogP contribution is -2.57. The van der Waals surface area contributed by atoms with Crippen molar-refractivity contribution in [1.29, 1.82) is 0 Å². The molecule has 1 aromatic carbocycles. The van der Waals surface area contributed by atoms with E-state index in [0.29, 0.717) is 13.1 Å². The van der Waals surface area contributed by atoms with Crippen LogP contribution in [0.5, 0.6) is 0 Å². The number of benzene rings is 1. The Labute approximate surface area is 102 Å². The average Bonchev–Trinajstić information content (AvgIpc) is 2.23. The Morgan fingerprint density at radius 1 is 1.47 bits per heavy atom. The summed E-state index contributed by atoms with van der Waals surface area (Å²) in [6, 6.07) is 3.84. The van der Waals surface area contributed by atoms with Crippen LogP contribution in [0.1, 0.15) is 10.4 Å². The fourth-order valence-corrected chi connectivity index (χ4v) is 1.89. The van der Waals surface area contributed by atoms with Gasteiger partial charge in [0.1, 0.15) is 0 Å². The largest absolute Gasteiger partial charge is 0.335 e. The number of carbonyl (C=O) groups excluding carboxylic acids is 1. The second kappa shape index (κ2) is 4.31. The number of hydrogen-bond donors (Lipinski definition) is 1. The zero-order valence-corrected chi connectivity index (χ0v) is 9.55. The normalized spacial score (nSPS) is 15.5. The quantitative estimate of drug-likeness (QED) is 0.631. The van der Waals surface area contributed by atoms with Gasteiger partial charge >= 0.3 is 0 Å². The standard InChI is InChI=1S/C10H10ClN3O3/c11-7-1-6(2-9(3-7)14(16)17)10(15)13-4-8(12)5-13/h1-3,8H,4-5,12H2. The number of nitro groups is 1. The van der Waals surface area contributed by atoms with Crippen LogP contribution in [0.4, 0.5) is 5.69 Å². The van der Waals surface area contributed by atoms with E-state index in [0.717, 1.165) is 0 Å². The van der Waals surface area contributed by atoms with Crippen LogP contribution in [0.3, 0.4) is 0 Å². The molecule has 1 heterocycles. The van der Waals surface area contributed by atoms with E-state index in [4.69, 9.17) is 17.3 Å². The minimum atomic E-state index is -0.579. The minimum absolute atomic E-state index is 0.00637. The van der Waals surface area contributed by atoms with Gasteiger partial charge in [0.15, 0.2) is 0 Å². The van der Waals surface area contributed by atoms with Crippen molar-refractivity contribution < 1.29 is 9.72 Å². The van der Waals surface area contributed by atoms with E-state index >= 15 is 0 Å². The van der Waals surface area contributed by atoms with Crippen LogP contribution in [0.15, 0.2) is 18.2 Å². The molecule has 1 aromatic rings. The number of halogens is 1. The van der Waals surface area contributed by atoms with Crippen molar-refractivity contribution in [2.24, 2.45) is 5.73 Å². The highest BCUT2D eigenvalue weighted by Gasteiger charge is 2.29. The molecule has 1 saturated heterocycles. The molecule has 0 spiro atoms. The Morgan fingerprint density at radius 2 is 2.12 bits per heavy atom. The van der Waals surface area contributed by atoms with E-state index in [-0.39, 0.29) is 28.2 Å². The van der Waals surface area contributed by atoms with Gasteiger partial charge in [0.05, 0.1) is 4.92 Å². The lowest BCUT2D eigenvalue weighted by atomic mass is 10.1. The lowest BCUT2D eigenvalue weighted by molar-refractivity contribution is -0.384. The fourth-order valence-electron chi connectivity index (χ4n) is 1.66. The SMILES string of the molecule is NC1CN(C(=O)c2cc(Cl)cc([N+](=O)[O-])c2)C1. The number of amides is 1. The summed E-state index contributed by atoms with van der Waals surface area (Å²) in [6.07, 6.45) is 0. The number of hydrogen-bond acceptors (Lipinski definition) is 4. The summed E-state index contributed by atoms with van der Waals surface area (Å²) in [4.78, 5) is 23.5. The van der Waals surface area contributed by atoms with E-state index in [1.807, 2.05) is 0 Å². The third kappa shape index (κ3) is 2.37. The van der Waals surface area contributed by atoms with Crippen LogP contribution in [0.25, 0.3) is 0 Å². The number of nitrogens with zero attached hydrogens (tertiary/aromatic N) is 2. The highest BCUT2D eigenvalue weighted by atomic mass is 35.5. The summed E-state index contributed by atoms with van der Waals surface area (Å²) in [5.74, 6) is -0.280. The molecule has 6 nitrogen and oxygen atoms in total. The van der Waals surface area contributed by atoms with Crippen molar-refractivity contribution in [2.75, 3.05) is 13.1 Å². The minimum Gasteiger partial charge on any atom is -0.335 e. The van der Waals surface area contributed by atoms with Gasteiger partial charge in [-0.25, -0.2) is 0 Å². The molecular formula is C10H10ClN3O3. The van der Waals surface area contributed by atoms with Crippen molar-refractivity contribution in [2.45, 2.75) is 6.04 Å². The van der Waals surface area contributed by atoms with Gasteiger partial charge in [-0.2, -0.15) is 0 Å². The smallest absolute Gasteiger partial charge is 0.271 e. The summed E-state index contributed by atoms with van der Waals surface area (Å²) >= 11 is 5.73. The first kappa shape index (κ1) is 11.8. The summed E-state index contributed by atoms with van der Waals surface area (Å²) in [5.41, 5.74) is 5.59. The maximum atomic E-state index is 11.9. The molecule has 1 amide bonds. The Balaban J connectivity index is 2.26. The van der Waals surface area contributed by atoms with E-state index in [2.05, 4.69) is 0 Å². The van der Waals surface area contributed by atoms with Gasteiger partial charge in [0, 0.05) is 41.9 Å². The monoisotopic (exact) mass is 255 g/mol. The third-order valence-electron chi connectivity index (χ3n) is 2.54. The number of carbonyl (C=O) groups is 1. The lowest BCUT2D eigenvalue weighted by Gasteiger charge is -2.36. The van der Waals surface area contributed by atoms with Gasteiger partial charge < -0.3 is 10.6 Å². The van der Waals surface area contributed by atoms with Crippen LogP contribution >= 0.6 is 11.6 Å². The van der Waals surface area contributed by atoms with Crippen molar-refractivity contribution in [1.82, 2.24) is 4.90 Å². The van der Waals surface area contributed by atoms with Gasteiger partial charge in [-0.05, 0) is 6.07 Å². The van der Waals surface area contributed by atoms with Gasteiger partial charge in [0.25, 0.3) is 11.6 Å². The number of likely N-dealkylation sites (tertiary alicyclic amines) is 1. The Morgan fingerprint density at radius 3 is 2.65 bits per heavy atom. The molecule has 1 aliphatic heterocycles. The number of nitrogens with two attached hydrogens (primary N) is 1. The van der Waals surface area contributed by atoms with E-state index in [1.54, 1.807) is 0 Å². The first-order valence-corrected chi connectivity index (χ1v) is 5.35. The van der Waals surface area contributed by atoms with E-state index in [9.17, 15) is 14.9 Å². The predicted octanol–water partition coefficient (Wildman–Crippen LogP) is 1.03. The molecule has 90 valence electrons. The van der Waals surface area contributed by atoms with Gasteiger partial charge in [-0.1, -0.05) is 11.6 Å². The molecule has 0 bridgehead atoms. The molecule has 1 aliphatic rings. The van der Waals surface area contributed by atoms with Crippen molar-refractivity contribution in [3.05, 3.63) is 38.9 Å². The zero-order chi connectivity index (χ0) is 12.6. The molecular weight excluding hydrogens is 246 g/mol. The molecule has 0 aliphatic carbocycles. The average molecular weight is 256 g/mol. The summed E-state index contributed by atoms with van der Waals surface area (Å²) in [5, 5.41) is 10.8.